The lowest BCUT2D eigenvalue weighted by Gasteiger charge is -2.21. The van der Waals surface area contributed by atoms with Crippen LogP contribution in [0, 0.1) is 0 Å². The van der Waals surface area contributed by atoms with Crippen LogP contribution in [0.5, 0.6) is 0 Å². The lowest BCUT2D eigenvalue weighted by molar-refractivity contribution is 0.938. The number of pyridine rings is 1. The van der Waals surface area contributed by atoms with Gasteiger partial charge in [-0.3, -0.25) is 0 Å². The number of fused-ring (bicyclic) bond motifs is 3. The SMILES string of the molecule is CN(c1cccc(-c2ccc(N3CCCC3)nc2)c1)c1nc2nnc(Cl)n2c2ccccc12. The van der Waals surface area contributed by atoms with E-state index in [0.29, 0.717) is 11.1 Å². The van der Waals surface area contributed by atoms with Gasteiger partial charge in [0.2, 0.25) is 5.28 Å². The lowest BCUT2D eigenvalue weighted by Crippen LogP contribution is -2.18. The summed E-state index contributed by atoms with van der Waals surface area (Å²) in [5.74, 6) is 2.32. The molecule has 1 aliphatic rings. The molecule has 1 saturated heterocycles. The first-order valence-electron chi connectivity index (χ1n) is 11.0. The average Bonchev–Trinajstić information content (AvgIpc) is 3.54. The molecule has 0 atom stereocenters. The molecular formula is C25H22ClN7. The van der Waals surface area contributed by atoms with Gasteiger partial charge in [-0.05, 0) is 66.4 Å². The number of aromatic nitrogens is 5. The highest BCUT2D eigenvalue weighted by Gasteiger charge is 2.17. The van der Waals surface area contributed by atoms with Crippen LogP contribution in [0.15, 0.2) is 66.9 Å². The van der Waals surface area contributed by atoms with Gasteiger partial charge in [-0.25, -0.2) is 9.38 Å². The molecule has 8 heteroatoms. The number of rotatable bonds is 4. The van der Waals surface area contributed by atoms with Crippen LogP contribution < -0.4 is 9.80 Å². The Kier molecular flexibility index (Phi) is 4.84. The third-order valence-electron chi connectivity index (χ3n) is 6.26. The molecule has 6 rings (SSSR count). The Bertz CT molecular complexity index is 1460. The zero-order chi connectivity index (χ0) is 22.4. The highest BCUT2D eigenvalue weighted by Crippen LogP contribution is 2.33. The number of hydrogen-bond donors (Lipinski definition) is 0. The van der Waals surface area contributed by atoms with Crippen LogP contribution in [0.1, 0.15) is 12.8 Å². The summed E-state index contributed by atoms with van der Waals surface area (Å²) in [6.45, 7) is 2.18. The first-order chi connectivity index (χ1) is 16.2. The number of hydrogen-bond acceptors (Lipinski definition) is 6. The predicted octanol–water partition coefficient (Wildman–Crippen LogP) is 5.36. The fourth-order valence-corrected chi connectivity index (χ4v) is 4.72. The first kappa shape index (κ1) is 19.9. The molecule has 0 bridgehead atoms. The van der Waals surface area contributed by atoms with Crippen molar-refractivity contribution < 1.29 is 0 Å². The Morgan fingerprint density at radius 3 is 2.58 bits per heavy atom. The van der Waals surface area contributed by atoms with Crippen molar-refractivity contribution in [3.8, 4) is 11.1 Å². The van der Waals surface area contributed by atoms with Gasteiger partial charge >= 0.3 is 0 Å². The molecule has 0 spiro atoms. The minimum Gasteiger partial charge on any atom is -0.357 e. The van der Waals surface area contributed by atoms with E-state index >= 15 is 0 Å². The van der Waals surface area contributed by atoms with Crippen LogP contribution in [0.4, 0.5) is 17.3 Å². The maximum atomic E-state index is 6.27. The molecule has 0 aliphatic carbocycles. The second-order valence-electron chi connectivity index (χ2n) is 8.27. The molecule has 0 N–H and O–H groups in total. The Labute approximate surface area is 196 Å². The van der Waals surface area contributed by atoms with Gasteiger partial charge in [-0.1, -0.05) is 24.3 Å². The fourth-order valence-electron chi connectivity index (χ4n) is 4.51. The van der Waals surface area contributed by atoms with E-state index in [1.165, 1.54) is 12.8 Å². The summed E-state index contributed by atoms with van der Waals surface area (Å²) >= 11 is 6.27. The Morgan fingerprint density at radius 1 is 0.909 bits per heavy atom. The lowest BCUT2D eigenvalue weighted by atomic mass is 10.1. The van der Waals surface area contributed by atoms with E-state index in [0.717, 1.165) is 52.4 Å². The van der Waals surface area contributed by atoms with Gasteiger partial charge in [0.25, 0.3) is 5.78 Å². The van der Waals surface area contributed by atoms with Crippen molar-refractivity contribution in [3.63, 3.8) is 0 Å². The third kappa shape index (κ3) is 3.45. The smallest absolute Gasteiger partial charge is 0.258 e. The van der Waals surface area contributed by atoms with Crippen molar-refractivity contribution in [1.29, 1.82) is 0 Å². The summed E-state index contributed by atoms with van der Waals surface area (Å²) in [7, 11) is 2.01. The monoisotopic (exact) mass is 455 g/mol. The van der Waals surface area contributed by atoms with Gasteiger partial charge in [-0.2, -0.15) is 4.98 Å². The van der Waals surface area contributed by atoms with E-state index < -0.39 is 0 Å². The summed E-state index contributed by atoms with van der Waals surface area (Å²) in [5.41, 5.74) is 4.13. The minimum atomic E-state index is 0.301. The van der Waals surface area contributed by atoms with Gasteiger partial charge in [0.05, 0.1) is 5.52 Å². The molecular weight excluding hydrogens is 434 g/mol. The zero-order valence-corrected chi connectivity index (χ0v) is 18.9. The number of anilines is 3. The number of benzene rings is 2. The van der Waals surface area contributed by atoms with Gasteiger partial charge in [0.1, 0.15) is 11.6 Å². The van der Waals surface area contributed by atoms with E-state index in [2.05, 4.69) is 56.4 Å². The predicted molar refractivity (Wildman–Crippen MR) is 132 cm³/mol. The molecule has 0 unspecified atom stereocenters. The van der Waals surface area contributed by atoms with E-state index in [1.807, 2.05) is 37.5 Å². The van der Waals surface area contributed by atoms with E-state index in [4.69, 9.17) is 21.6 Å². The standard InChI is InChI=1S/C25H22ClN7/c1-31(23-20-9-2-3-10-21(20)33-24(26)29-30-25(33)28-23)19-8-6-7-17(15-19)18-11-12-22(27-16-18)32-13-4-5-14-32/h2-3,6-12,15-16H,4-5,13-14H2,1H3. The zero-order valence-electron chi connectivity index (χ0n) is 18.2. The normalized spacial score (nSPS) is 13.8. The molecule has 3 aromatic heterocycles. The molecule has 0 saturated carbocycles. The summed E-state index contributed by atoms with van der Waals surface area (Å²) in [6, 6.07) is 20.7. The Balaban J connectivity index is 1.38. The molecule has 33 heavy (non-hydrogen) atoms. The maximum Gasteiger partial charge on any atom is 0.258 e. The summed E-state index contributed by atoms with van der Waals surface area (Å²) in [5, 5.41) is 9.41. The van der Waals surface area contributed by atoms with Crippen molar-refractivity contribution >= 4 is 45.6 Å². The number of nitrogens with zero attached hydrogens (tertiary/aromatic N) is 7. The fraction of sp³-hybridized carbons (Fsp3) is 0.200. The first-order valence-corrected chi connectivity index (χ1v) is 11.4. The molecule has 1 aliphatic heterocycles. The van der Waals surface area contributed by atoms with E-state index in [9.17, 15) is 0 Å². The van der Waals surface area contributed by atoms with Crippen molar-refractivity contribution in [1.82, 2.24) is 24.6 Å². The number of halogens is 1. The van der Waals surface area contributed by atoms with Crippen LogP contribution in [0.25, 0.3) is 27.8 Å². The van der Waals surface area contributed by atoms with Crippen molar-refractivity contribution in [2.45, 2.75) is 12.8 Å². The molecule has 164 valence electrons. The Hall–Kier alpha value is -3.71. The van der Waals surface area contributed by atoms with Crippen LogP contribution in [0.2, 0.25) is 5.28 Å². The van der Waals surface area contributed by atoms with Gasteiger partial charge in [0.15, 0.2) is 0 Å². The quantitative estimate of drug-likeness (QED) is 0.363. The van der Waals surface area contributed by atoms with Gasteiger partial charge in [-0.15, -0.1) is 10.2 Å². The molecule has 4 heterocycles. The minimum absolute atomic E-state index is 0.301. The van der Waals surface area contributed by atoms with Crippen LogP contribution >= 0.6 is 11.6 Å². The van der Waals surface area contributed by atoms with Crippen molar-refractivity contribution in [2.75, 3.05) is 29.9 Å². The number of para-hydroxylation sites is 1. The van der Waals surface area contributed by atoms with E-state index in [-0.39, 0.29) is 0 Å². The van der Waals surface area contributed by atoms with Gasteiger partial charge < -0.3 is 9.80 Å². The highest BCUT2D eigenvalue weighted by molar-refractivity contribution is 6.29. The average molecular weight is 456 g/mol. The largest absolute Gasteiger partial charge is 0.357 e. The summed E-state index contributed by atoms with van der Waals surface area (Å²) in [4.78, 5) is 13.9. The highest BCUT2D eigenvalue weighted by atomic mass is 35.5. The molecule has 0 amide bonds. The molecule has 0 radical (unpaired) electrons. The van der Waals surface area contributed by atoms with Crippen LogP contribution in [-0.4, -0.2) is 44.7 Å². The second-order valence-corrected chi connectivity index (χ2v) is 8.60. The van der Waals surface area contributed by atoms with Crippen LogP contribution in [-0.2, 0) is 0 Å². The molecule has 7 nitrogen and oxygen atoms in total. The molecule has 2 aromatic carbocycles. The van der Waals surface area contributed by atoms with Crippen molar-refractivity contribution in [3.05, 3.63) is 72.1 Å². The van der Waals surface area contributed by atoms with Crippen LogP contribution in [0.3, 0.4) is 0 Å². The maximum absolute atomic E-state index is 6.27. The van der Waals surface area contributed by atoms with E-state index in [1.54, 1.807) is 4.40 Å². The van der Waals surface area contributed by atoms with Crippen molar-refractivity contribution in [2.24, 2.45) is 0 Å². The topological polar surface area (TPSA) is 62.5 Å². The second kappa shape index (κ2) is 8.01. The molecule has 1 fully saturated rings. The van der Waals surface area contributed by atoms with Gasteiger partial charge in [0, 0.05) is 43.0 Å². The summed E-state index contributed by atoms with van der Waals surface area (Å²) < 4.78 is 1.76. The molecule has 5 aromatic rings. The third-order valence-corrected chi connectivity index (χ3v) is 6.51. The summed E-state index contributed by atoms with van der Waals surface area (Å²) in [6.07, 6.45) is 4.45. The Morgan fingerprint density at radius 2 is 1.76 bits per heavy atom.